The lowest BCUT2D eigenvalue weighted by Crippen LogP contribution is -2.28. The largest absolute Gasteiger partial charge is 0.481 e. The zero-order valence-electron chi connectivity index (χ0n) is 11.9. The molecule has 0 atom stereocenters. The normalized spacial score (nSPS) is 10.5. The van der Waals surface area contributed by atoms with Crippen LogP contribution in [-0.4, -0.2) is 36.7 Å². The molecule has 1 amide bonds. The first kappa shape index (κ1) is 16.2. The second kappa shape index (κ2) is 8.37. The number of carbonyl (C=O) groups excluding carboxylic acids is 1. The Morgan fingerprint density at radius 1 is 1.40 bits per heavy atom. The highest BCUT2D eigenvalue weighted by atomic mass is 16.5. The first-order valence-corrected chi connectivity index (χ1v) is 6.71. The van der Waals surface area contributed by atoms with E-state index in [4.69, 9.17) is 14.3 Å². The van der Waals surface area contributed by atoms with Crippen molar-refractivity contribution in [2.45, 2.75) is 33.1 Å². The number of unbranched alkanes of at least 4 members (excludes halogenated alkanes) is 1. The monoisotopic (exact) mass is 283 g/mol. The van der Waals surface area contributed by atoms with Crippen molar-refractivity contribution < 1.29 is 23.8 Å². The second-order valence-electron chi connectivity index (χ2n) is 4.51. The van der Waals surface area contributed by atoms with Crippen molar-refractivity contribution in [2.24, 2.45) is 0 Å². The SMILES string of the molecule is CCCCOCCNC(=O)c1c(C)coc1CC(=O)O. The summed E-state index contributed by atoms with van der Waals surface area (Å²) in [4.78, 5) is 22.7. The summed E-state index contributed by atoms with van der Waals surface area (Å²) in [6, 6.07) is 0. The Kier molecular flexibility index (Phi) is 6.79. The molecule has 0 saturated carbocycles. The molecule has 20 heavy (non-hydrogen) atoms. The van der Waals surface area contributed by atoms with Gasteiger partial charge >= 0.3 is 5.97 Å². The maximum absolute atomic E-state index is 12.0. The maximum atomic E-state index is 12.0. The van der Waals surface area contributed by atoms with Crippen molar-refractivity contribution in [3.8, 4) is 0 Å². The number of rotatable bonds is 9. The Morgan fingerprint density at radius 3 is 2.80 bits per heavy atom. The van der Waals surface area contributed by atoms with Gasteiger partial charge < -0.3 is 19.6 Å². The molecule has 1 aromatic rings. The summed E-state index contributed by atoms with van der Waals surface area (Å²) in [5.74, 6) is -1.18. The van der Waals surface area contributed by atoms with Crippen LogP contribution in [0.25, 0.3) is 0 Å². The zero-order valence-corrected chi connectivity index (χ0v) is 11.9. The number of hydrogen-bond donors (Lipinski definition) is 2. The highest BCUT2D eigenvalue weighted by Gasteiger charge is 2.19. The van der Waals surface area contributed by atoms with Gasteiger partial charge in [0.25, 0.3) is 5.91 Å². The van der Waals surface area contributed by atoms with Crippen molar-refractivity contribution in [1.82, 2.24) is 5.32 Å². The predicted molar refractivity (Wildman–Crippen MR) is 72.8 cm³/mol. The van der Waals surface area contributed by atoms with E-state index in [1.807, 2.05) is 0 Å². The summed E-state index contributed by atoms with van der Waals surface area (Å²) in [7, 11) is 0. The minimum Gasteiger partial charge on any atom is -0.481 e. The number of carboxylic acid groups (broad SMARTS) is 1. The average molecular weight is 283 g/mol. The van der Waals surface area contributed by atoms with E-state index in [0.29, 0.717) is 30.9 Å². The molecule has 6 heteroatoms. The third kappa shape index (κ3) is 5.05. The maximum Gasteiger partial charge on any atom is 0.311 e. The van der Waals surface area contributed by atoms with E-state index in [9.17, 15) is 9.59 Å². The first-order chi connectivity index (χ1) is 9.56. The summed E-state index contributed by atoms with van der Waals surface area (Å²) in [6.07, 6.45) is 3.16. The van der Waals surface area contributed by atoms with Crippen LogP contribution in [0.2, 0.25) is 0 Å². The van der Waals surface area contributed by atoms with Crippen molar-refractivity contribution in [1.29, 1.82) is 0 Å². The molecule has 0 aliphatic rings. The zero-order chi connectivity index (χ0) is 15.0. The van der Waals surface area contributed by atoms with Crippen LogP contribution >= 0.6 is 0 Å². The molecule has 0 aliphatic carbocycles. The topological polar surface area (TPSA) is 88.8 Å². The third-order valence-corrected chi connectivity index (χ3v) is 2.76. The van der Waals surface area contributed by atoms with Crippen LogP contribution in [0.5, 0.6) is 0 Å². The lowest BCUT2D eigenvalue weighted by Gasteiger charge is -2.06. The van der Waals surface area contributed by atoms with Gasteiger partial charge in [-0.2, -0.15) is 0 Å². The number of hydrogen-bond acceptors (Lipinski definition) is 4. The fourth-order valence-corrected chi connectivity index (χ4v) is 1.74. The fourth-order valence-electron chi connectivity index (χ4n) is 1.74. The molecule has 112 valence electrons. The molecule has 0 aliphatic heterocycles. The van der Waals surface area contributed by atoms with Gasteiger partial charge in [0.1, 0.15) is 12.2 Å². The molecule has 6 nitrogen and oxygen atoms in total. The minimum absolute atomic E-state index is 0.180. The van der Waals surface area contributed by atoms with Gasteiger partial charge in [-0.25, -0.2) is 0 Å². The van der Waals surface area contributed by atoms with Crippen molar-refractivity contribution in [3.63, 3.8) is 0 Å². The molecule has 1 heterocycles. The quantitative estimate of drug-likeness (QED) is 0.674. The highest BCUT2D eigenvalue weighted by molar-refractivity contribution is 5.97. The fraction of sp³-hybridized carbons (Fsp3) is 0.571. The summed E-state index contributed by atoms with van der Waals surface area (Å²) in [6.45, 7) is 5.30. The molecule has 2 N–H and O–H groups in total. The van der Waals surface area contributed by atoms with Gasteiger partial charge in [0.05, 0.1) is 18.4 Å². The Balaban J connectivity index is 2.46. The number of aryl methyl sites for hydroxylation is 1. The molecule has 0 aromatic carbocycles. The number of aliphatic carboxylic acids is 1. The first-order valence-electron chi connectivity index (χ1n) is 6.71. The summed E-state index contributed by atoms with van der Waals surface area (Å²) in [5.41, 5.74) is 0.937. The molecule has 0 bridgehead atoms. The number of amides is 1. The predicted octanol–water partition coefficient (Wildman–Crippen LogP) is 1.76. The molecule has 1 aromatic heterocycles. The van der Waals surface area contributed by atoms with Gasteiger partial charge in [-0.15, -0.1) is 0 Å². The number of carbonyl (C=O) groups is 2. The molecule has 1 rings (SSSR count). The molecule has 0 spiro atoms. The number of carboxylic acids is 1. The van der Waals surface area contributed by atoms with E-state index < -0.39 is 5.97 Å². The molecule has 0 unspecified atom stereocenters. The molecule has 0 saturated heterocycles. The number of furan rings is 1. The Labute approximate surface area is 118 Å². The summed E-state index contributed by atoms with van der Waals surface area (Å²) in [5, 5.41) is 11.5. The third-order valence-electron chi connectivity index (χ3n) is 2.76. The Morgan fingerprint density at radius 2 is 2.15 bits per heavy atom. The van der Waals surface area contributed by atoms with Gasteiger partial charge in [-0.3, -0.25) is 9.59 Å². The van der Waals surface area contributed by atoms with Crippen LogP contribution in [0.4, 0.5) is 0 Å². The van der Waals surface area contributed by atoms with Crippen molar-refractivity contribution in [2.75, 3.05) is 19.8 Å². The lowest BCUT2D eigenvalue weighted by molar-refractivity contribution is -0.136. The minimum atomic E-state index is -1.03. The van der Waals surface area contributed by atoms with Crippen molar-refractivity contribution in [3.05, 3.63) is 23.2 Å². The van der Waals surface area contributed by atoms with E-state index in [1.54, 1.807) is 6.92 Å². The van der Waals surface area contributed by atoms with Crippen LogP contribution in [0.15, 0.2) is 10.7 Å². The van der Waals surface area contributed by atoms with Gasteiger partial charge in [-0.1, -0.05) is 13.3 Å². The van der Waals surface area contributed by atoms with Crippen LogP contribution in [0.3, 0.4) is 0 Å². The van der Waals surface area contributed by atoms with E-state index in [2.05, 4.69) is 12.2 Å². The molecule has 0 radical (unpaired) electrons. The number of nitrogens with one attached hydrogen (secondary N) is 1. The lowest BCUT2D eigenvalue weighted by atomic mass is 10.1. The summed E-state index contributed by atoms with van der Waals surface area (Å²) < 4.78 is 10.4. The van der Waals surface area contributed by atoms with Crippen molar-refractivity contribution >= 4 is 11.9 Å². The highest BCUT2D eigenvalue weighted by Crippen LogP contribution is 2.17. The average Bonchev–Trinajstić information content (AvgIpc) is 2.74. The Hall–Kier alpha value is -1.82. The summed E-state index contributed by atoms with van der Waals surface area (Å²) >= 11 is 0. The molecule has 0 fully saturated rings. The second-order valence-corrected chi connectivity index (χ2v) is 4.51. The van der Waals surface area contributed by atoms with Gasteiger partial charge in [-0.05, 0) is 13.3 Å². The van der Waals surface area contributed by atoms with Crippen LogP contribution < -0.4 is 5.32 Å². The van der Waals surface area contributed by atoms with Crippen LogP contribution in [-0.2, 0) is 16.0 Å². The van der Waals surface area contributed by atoms with Gasteiger partial charge in [0, 0.05) is 18.7 Å². The van der Waals surface area contributed by atoms with E-state index in [-0.39, 0.29) is 18.1 Å². The van der Waals surface area contributed by atoms with E-state index in [1.165, 1.54) is 6.26 Å². The molecular formula is C14H21NO5. The van der Waals surface area contributed by atoms with E-state index >= 15 is 0 Å². The Bertz CT molecular complexity index is 452. The standard InChI is InChI=1S/C14H21NO5/c1-3-4-6-19-7-5-15-14(18)13-10(2)9-20-11(13)8-12(16)17/h9H,3-8H2,1-2H3,(H,15,18)(H,16,17). The van der Waals surface area contributed by atoms with Gasteiger partial charge in [0.2, 0.25) is 0 Å². The van der Waals surface area contributed by atoms with Crippen LogP contribution in [0, 0.1) is 6.92 Å². The van der Waals surface area contributed by atoms with Crippen LogP contribution in [0.1, 0.15) is 41.4 Å². The number of ether oxygens (including phenoxy) is 1. The van der Waals surface area contributed by atoms with E-state index in [0.717, 1.165) is 12.8 Å². The smallest absolute Gasteiger partial charge is 0.311 e. The van der Waals surface area contributed by atoms with Gasteiger partial charge in [0.15, 0.2) is 0 Å². The molecular weight excluding hydrogens is 262 g/mol.